The maximum absolute atomic E-state index is 13.0. The third kappa shape index (κ3) is 6.41. The molecule has 0 aromatic heterocycles. The molecule has 5 aromatic carbocycles. The Hall–Kier alpha value is -4.63. The Morgan fingerprint density at radius 3 is 1.68 bits per heavy atom. The van der Waals surface area contributed by atoms with Gasteiger partial charge in [-0.15, -0.1) is 0 Å². The van der Waals surface area contributed by atoms with Gasteiger partial charge >= 0.3 is 5.97 Å². The first-order chi connectivity index (χ1) is 19.8. The van der Waals surface area contributed by atoms with Crippen molar-refractivity contribution < 1.29 is 9.53 Å². The first kappa shape index (κ1) is 27.9. The van der Waals surface area contributed by atoms with Crippen LogP contribution in [0, 0.1) is 13.8 Å². The third-order valence-corrected chi connectivity index (χ3v) is 7.50. The van der Waals surface area contributed by atoms with Gasteiger partial charge in [0.15, 0.2) is 0 Å². The van der Waals surface area contributed by atoms with Crippen molar-refractivity contribution in [3.63, 3.8) is 0 Å². The lowest BCUT2D eigenvalue weighted by atomic mass is 9.92. The van der Waals surface area contributed by atoms with Gasteiger partial charge in [0.1, 0.15) is 5.75 Å². The van der Waals surface area contributed by atoms with Crippen LogP contribution in [0.15, 0.2) is 115 Å². The van der Waals surface area contributed by atoms with E-state index in [1.54, 1.807) is 0 Å². The fraction of sp³-hybridized carbons (Fsp3) is 0.184. The van der Waals surface area contributed by atoms with Crippen LogP contribution in [0.2, 0.25) is 0 Å². The lowest BCUT2D eigenvalue weighted by Crippen LogP contribution is -2.11. The van der Waals surface area contributed by atoms with Gasteiger partial charge in [-0.3, -0.25) is 0 Å². The molecule has 0 bridgehead atoms. The van der Waals surface area contributed by atoms with E-state index in [1.807, 2.05) is 48.5 Å². The van der Waals surface area contributed by atoms with Gasteiger partial charge in [-0.1, -0.05) is 86.5 Å². The summed E-state index contributed by atoms with van der Waals surface area (Å²) in [6, 6.07) is 39.0. The fourth-order valence-corrected chi connectivity index (χ4v) is 4.98. The Bertz CT molecular complexity index is 1570. The molecule has 0 N–H and O–H groups in total. The van der Waals surface area contributed by atoms with Gasteiger partial charge in [0, 0.05) is 17.1 Å². The van der Waals surface area contributed by atoms with Crippen molar-refractivity contribution in [2.24, 2.45) is 0 Å². The number of hydrogen-bond donors (Lipinski definition) is 0. The van der Waals surface area contributed by atoms with Crippen molar-refractivity contribution in [1.82, 2.24) is 0 Å². The molecule has 0 aliphatic heterocycles. The number of ether oxygens (including phenoxy) is 1. The molecular weight excluding hydrogens is 502 g/mol. The molecule has 0 unspecified atom stereocenters. The predicted octanol–water partition coefficient (Wildman–Crippen LogP) is 10.3. The summed E-state index contributed by atoms with van der Waals surface area (Å²) in [7, 11) is 0. The van der Waals surface area contributed by atoms with Gasteiger partial charge < -0.3 is 9.64 Å². The fourth-order valence-electron chi connectivity index (χ4n) is 4.98. The van der Waals surface area contributed by atoms with E-state index in [2.05, 4.69) is 106 Å². The average molecular weight is 540 g/mol. The molecule has 0 spiro atoms. The number of esters is 1. The lowest BCUT2D eigenvalue weighted by Gasteiger charge is -2.26. The highest BCUT2D eigenvalue weighted by atomic mass is 16.5. The van der Waals surface area contributed by atoms with Crippen molar-refractivity contribution in [2.75, 3.05) is 4.90 Å². The molecule has 5 aromatic rings. The van der Waals surface area contributed by atoms with E-state index in [1.165, 1.54) is 27.8 Å². The van der Waals surface area contributed by atoms with Crippen LogP contribution in [-0.2, 0) is 6.42 Å². The molecule has 206 valence electrons. The van der Waals surface area contributed by atoms with Crippen LogP contribution >= 0.6 is 0 Å². The Morgan fingerprint density at radius 1 is 0.683 bits per heavy atom. The van der Waals surface area contributed by atoms with Crippen molar-refractivity contribution in [3.8, 4) is 16.9 Å². The normalized spacial score (nSPS) is 11.0. The number of carbonyl (C=O) groups excluding carboxylic acids is 1. The highest BCUT2D eigenvalue weighted by Gasteiger charge is 2.15. The minimum atomic E-state index is -0.377. The summed E-state index contributed by atoms with van der Waals surface area (Å²) in [5.41, 5.74) is 11.0. The number of carbonyl (C=O) groups is 1. The van der Waals surface area contributed by atoms with E-state index in [0.717, 1.165) is 29.0 Å². The van der Waals surface area contributed by atoms with E-state index in [0.29, 0.717) is 17.2 Å². The highest BCUT2D eigenvalue weighted by molar-refractivity contribution is 5.92. The summed E-state index contributed by atoms with van der Waals surface area (Å²) in [5, 5.41) is 0. The van der Waals surface area contributed by atoms with E-state index in [4.69, 9.17) is 4.74 Å². The maximum atomic E-state index is 13.0. The largest absolute Gasteiger partial charge is 0.423 e. The summed E-state index contributed by atoms with van der Waals surface area (Å²) in [5.74, 6) is 0.617. The lowest BCUT2D eigenvalue weighted by molar-refractivity contribution is 0.0735. The quantitative estimate of drug-likeness (QED) is 0.145. The van der Waals surface area contributed by atoms with Crippen LogP contribution in [0.4, 0.5) is 17.1 Å². The number of anilines is 3. The topological polar surface area (TPSA) is 29.5 Å². The molecule has 3 heteroatoms. The number of nitrogens with zero attached hydrogens (tertiary/aromatic N) is 1. The van der Waals surface area contributed by atoms with Crippen LogP contribution in [0.25, 0.3) is 11.1 Å². The number of rotatable bonds is 8. The maximum Gasteiger partial charge on any atom is 0.343 e. The van der Waals surface area contributed by atoms with E-state index in [-0.39, 0.29) is 5.97 Å². The average Bonchev–Trinajstić information content (AvgIpc) is 2.99. The van der Waals surface area contributed by atoms with Crippen LogP contribution < -0.4 is 9.64 Å². The number of aryl methyl sites for hydroxylation is 3. The SMILES string of the molecule is CCc1ccc(C(C)C)cc1-c1ccc(OC(=O)c2ccc(N(c3ccc(C)cc3)c3ccc(C)cc3)cc2)cc1. The van der Waals surface area contributed by atoms with Crippen molar-refractivity contribution >= 4 is 23.0 Å². The molecule has 5 rings (SSSR count). The molecule has 41 heavy (non-hydrogen) atoms. The molecule has 0 radical (unpaired) electrons. The van der Waals surface area contributed by atoms with E-state index in [9.17, 15) is 4.79 Å². The predicted molar refractivity (Wildman–Crippen MR) is 171 cm³/mol. The van der Waals surface area contributed by atoms with Gasteiger partial charge in [-0.25, -0.2) is 4.79 Å². The molecule has 0 atom stereocenters. The van der Waals surface area contributed by atoms with Crippen LogP contribution in [-0.4, -0.2) is 5.97 Å². The first-order valence-electron chi connectivity index (χ1n) is 14.3. The summed E-state index contributed by atoms with van der Waals surface area (Å²) >= 11 is 0. The summed E-state index contributed by atoms with van der Waals surface area (Å²) in [6.07, 6.45) is 0.964. The molecule has 3 nitrogen and oxygen atoms in total. The second-order valence-electron chi connectivity index (χ2n) is 10.9. The van der Waals surface area contributed by atoms with Gasteiger partial charge in [-0.2, -0.15) is 0 Å². The van der Waals surface area contributed by atoms with Crippen LogP contribution in [0.5, 0.6) is 5.75 Å². The van der Waals surface area contributed by atoms with E-state index >= 15 is 0 Å². The molecule has 0 saturated carbocycles. The third-order valence-electron chi connectivity index (χ3n) is 7.50. The standard InChI is InChI=1S/C38H37NO2/c1-6-29-11-12-32(26(2)3)25-37(29)30-15-23-36(24-16-30)41-38(40)31-13-21-35(22-14-31)39(33-17-7-27(4)8-18-33)34-19-9-28(5)10-20-34/h7-26H,6H2,1-5H3. The first-order valence-corrected chi connectivity index (χ1v) is 14.3. The van der Waals surface area contributed by atoms with Crippen LogP contribution in [0.3, 0.4) is 0 Å². The molecule has 0 aliphatic carbocycles. The van der Waals surface area contributed by atoms with Crippen molar-refractivity contribution in [3.05, 3.63) is 143 Å². The molecule has 0 amide bonds. The molecule has 0 fully saturated rings. The zero-order valence-corrected chi connectivity index (χ0v) is 24.5. The Labute approximate surface area is 244 Å². The van der Waals surface area contributed by atoms with Crippen molar-refractivity contribution in [2.45, 2.75) is 47.0 Å². The van der Waals surface area contributed by atoms with Crippen LogP contribution in [0.1, 0.15) is 59.3 Å². The van der Waals surface area contributed by atoms with Gasteiger partial charge in [0.05, 0.1) is 5.56 Å². The zero-order chi connectivity index (χ0) is 28.9. The minimum Gasteiger partial charge on any atom is -0.423 e. The minimum absolute atomic E-state index is 0.377. The Balaban J connectivity index is 1.35. The number of hydrogen-bond acceptors (Lipinski definition) is 3. The zero-order valence-electron chi connectivity index (χ0n) is 24.5. The molecule has 0 heterocycles. The molecular formula is C38H37NO2. The molecule has 0 saturated heterocycles. The Morgan fingerprint density at radius 2 is 1.20 bits per heavy atom. The summed E-state index contributed by atoms with van der Waals surface area (Å²) in [6.45, 7) is 10.8. The van der Waals surface area contributed by atoms with E-state index < -0.39 is 0 Å². The van der Waals surface area contributed by atoms with Gasteiger partial charge in [-0.05, 0) is 109 Å². The second kappa shape index (κ2) is 12.3. The highest BCUT2D eigenvalue weighted by Crippen LogP contribution is 2.35. The van der Waals surface area contributed by atoms with Gasteiger partial charge in [0.2, 0.25) is 0 Å². The summed E-state index contributed by atoms with van der Waals surface area (Å²) < 4.78 is 5.75. The van der Waals surface area contributed by atoms with Gasteiger partial charge in [0.25, 0.3) is 0 Å². The second-order valence-corrected chi connectivity index (χ2v) is 10.9. The summed E-state index contributed by atoms with van der Waals surface area (Å²) in [4.78, 5) is 15.2. The van der Waals surface area contributed by atoms with Crippen molar-refractivity contribution in [1.29, 1.82) is 0 Å². The molecule has 0 aliphatic rings. The number of benzene rings is 5. The Kier molecular flexibility index (Phi) is 8.35. The monoisotopic (exact) mass is 539 g/mol. The smallest absolute Gasteiger partial charge is 0.343 e.